The van der Waals surface area contributed by atoms with Gasteiger partial charge < -0.3 is 9.64 Å². The minimum Gasteiger partial charge on any atom is -0.378 e. The Morgan fingerprint density at radius 2 is 1.78 bits per heavy atom. The molecule has 0 amide bonds. The molecule has 2 heterocycles. The molecule has 2 aliphatic heterocycles. The third-order valence-electron chi connectivity index (χ3n) is 5.24. The average molecular weight is 253 g/mol. The maximum Gasteiger partial charge on any atom is 0.0641 e. The first kappa shape index (κ1) is 14.3. The molecule has 2 rings (SSSR count). The minimum absolute atomic E-state index is 0.489. The number of ether oxygens (including phenoxy) is 1. The van der Waals surface area contributed by atoms with Crippen LogP contribution in [0.1, 0.15) is 47.0 Å². The Morgan fingerprint density at radius 1 is 1.06 bits per heavy atom. The predicted molar refractivity (Wildman–Crippen MR) is 76.7 cm³/mol. The maximum atomic E-state index is 6.00. The molecule has 0 aromatic heterocycles. The fraction of sp³-hybridized carbons (Fsp3) is 1.00. The van der Waals surface area contributed by atoms with Crippen LogP contribution in [0, 0.1) is 23.7 Å². The maximum absolute atomic E-state index is 6.00. The number of hydrogen-bond donors (Lipinski definition) is 0. The van der Waals surface area contributed by atoms with Crippen molar-refractivity contribution in [1.82, 2.24) is 4.90 Å². The van der Waals surface area contributed by atoms with E-state index < -0.39 is 0 Å². The second-order valence-corrected chi connectivity index (χ2v) is 7.11. The summed E-state index contributed by atoms with van der Waals surface area (Å²) in [6.45, 7) is 11.6. The number of nitrogens with zero attached hydrogens (tertiary/aromatic N) is 1. The van der Waals surface area contributed by atoms with Gasteiger partial charge in [-0.25, -0.2) is 0 Å². The van der Waals surface area contributed by atoms with E-state index in [4.69, 9.17) is 4.74 Å². The molecule has 0 bridgehead atoms. The van der Waals surface area contributed by atoms with E-state index in [0.717, 1.165) is 30.4 Å². The molecule has 2 aliphatic rings. The van der Waals surface area contributed by atoms with Gasteiger partial charge in [0.25, 0.3) is 0 Å². The Morgan fingerprint density at radius 3 is 2.39 bits per heavy atom. The van der Waals surface area contributed by atoms with Gasteiger partial charge >= 0.3 is 0 Å². The van der Waals surface area contributed by atoms with Gasteiger partial charge in [-0.05, 0) is 50.6 Å². The topological polar surface area (TPSA) is 12.5 Å². The zero-order valence-corrected chi connectivity index (χ0v) is 12.9. The van der Waals surface area contributed by atoms with Crippen molar-refractivity contribution in [2.45, 2.75) is 59.1 Å². The molecule has 0 saturated carbocycles. The number of rotatable bonds is 3. The van der Waals surface area contributed by atoms with Gasteiger partial charge in [-0.15, -0.1) is 0 Å². The third-order valence-corrected chi connectivity index (χ3v) is 5.24. The van der Waals surface area contributed by atoms with Gasteiger partial charge in [-0.2, -0.15) is 0 Å². The largest absolute Gasteiger partial charge is 0.378 e. The smallest absolute Gasteiger partial charge is 0.0641 e. The summed E-state index contributed by atoms with van der Waals surface area (Å²) in [5, 5.41) is 0. The van der Waals surface area contributed by atoms with Crippen LogP contribution in [-0.4, -0.2) is 37.2 Å². The van der Waals surface area contributed by atoms with Crippen LogP contribution in [0.2, 0.25) is 0 Å². The lowest BCUT2D eigenvalue weighted by atomic mass is 9.76. The first-order chi connectivity index (χ1) is 8.50. The van der Waals surface area contributed by atoms with E-state index in [-0.39, 0.29) is 0 Å². The Hall–Kier alpha value is -0.0800. The standard InChI is InChI=1S/C16H31NO/c1-11(2)13-6-8-17(5)15(10-13)14-7-9-18-16(14)12(3)4/h11-16H,6-10H2,1-5H3. The van der Waals surface area contributed by atoms with Crippen molar-refractivity contribution in [1.29, 1.82) is 0 Å². The van der Waals surface area contributed by atoms with E-state index in [0.29, 0.717) is 12.0 Å². The molecule has 0 N–H and O–H groups in total. The molecule has 2 saturated heterocycles. The molecule has 2 heteroatoms. The fourth-order valence-corrected chi connectivity index (χ4v) is 3.98. The zero-order chi connectivity index (χ0) is 13.3. The molecule has 4 unspecified atom stereocenters. The van der Waals surface area contributed by atoms with E-state index in [9.17, 15) is 0 Å². The first-order valence-electron chi connectivity index (χ1n) is 7.82. The first-order valence-corrected chi connectivity index (χ1v) is 7.82. The van der Waals surface area contributed by atoms with Crippen LogP contribution in [0.25, 0.3) is 0 Å². The third kappa shape index (κ3) is 2.91. The molecule has 2 fully saturated rings. The monoisotopic (exact) mass is 253 g/mol. The summed E-state index contributed by atoms with van der Waals surface area (Å²) in [5.41, 5.74) is 0. The van der Waals surface area contributed by atoms with Gasteiger partial charge in [0.2, 0.25) is 0 Å². The molecule has 0 aromatic carbocycles. The van der Waals surface area contributed by atoms with Gasteiger partial charge in [0.05, 0.1) is 6.10 Å². The van der Waals surface area contributed by atoms with Crippen molar-refractivity contribution in [3.05, 3.63) is 0 Å². The SMILES string of the molecule is CC(C)C1CCN(C)C(C2CCOC2C(C)C)C1. The van der Waals surface area contributed by atoms with Gasteiger partial charge in [-0.3, -0.25) is 0 Å². The molecular weight excluding hydrogens is 222 g/mol. The highest BCUT2D eigenvalue weighted by molar-refractivity contribution is 4.92. The number of piperidine rings is 1. The highest BCUT2D eigenvalue weighted by Crippen LogP contribution is 2.38. The normalized spacial score (nSPS) is 38.8. The predicted octanol–water partition coefficient (Wildman–Crippen LogP) is 3.41. The van der Waals surface area contributed by atoms with Crippen LogP contribution in [0.5, 0.6) is 0 Å². The van der Waals surface area contributed by atoms with Gasteiger partial charge in [0.1, 0.15) is 0 Å². The molecule has 0 radical (unpaired) electrons. The molecule has 2 nitrogen and oxygen atoms in total. The van der Waals surface area contributed by atoms with Gasteiger partial charge in [0, 0.05) is 18.6 Å². The summed E-state index contributed by atoms with van der Waals surface area (Å²) in [5.74, 6) is 3.17. The van der Waals surface area contributed by atoms with Crippen molar-refractivity contribution in [3.8, 4) is 0 Å². The van der Waals surface area contributed by atoms with Crippen molar-refractivity contribution >= 4 is 0 Å². The Balaban J connectivity index is 2.05. The van der Waals surface area contributed by atoms with Crippen LogP contribution in [0.3, 0.4) is 0 Å². The lowest BCUT2D eigenvalue weighted by Crippen LogP contribution is -2.48. The Kier molecular flexibility index (Phi) is 4.71. The highest BCUT2D eigenvalue weighted by atomic mass is 16.5. The molecule has 0 spiro atoms. The molecule has 106 valence electrons. The van der Waals surface area contributed by atoms with Crippen LogP contribution in [-0.2, 0) is 4.74 Å². The van der Waals surface area contributed by atoms with E-state index in [2.05, 4.69) is 39.6 Å². The van der Waals surface area contributed by atoms with Gasteiger partial charge in [0.15, 0.2) is 0 Å². The average Bonchev–Trinajstić information content (AvgIpc) is 2.78. The number of hydrogen-bond acceptors (Lipinski definition) is 2. The zero-order valence-electron chi connectivity index (χ0n) is 12.9. The lowest BCUT2D eigenvalue weighted by molar-refractivity contribution is 0.00591. The van der Waals surface area contributed by atoms with E-state index in [1.807, 2.05) is 0 Å². The van der Waals surface area contributed by atoms with Crippen LogP contribution < -0.4 is 0 Å². The quantitative estimate of drug-likeness (QED) is 0.764. The molecule has 4 atom stereocenters. The number of likely N-dealkylation sites (tertiary alicyclic amines) is 1. The van der Waals surface area contributed by atoms with Gasteiger partial charge in [-0.1, -0.05) is 27.7 Å². The van der Waals surface area contributed by atoms with E-state index in [1.54, 1.807) is 0 Å². The van der Waals surface area contributed by atoms with Crippen molar-refractivity contribution in [2.24, 2.45) is 23.7 Å². The molecular formula is C16H31NO. The fourth-order valence-electron chi connectivity index (χ4n) is 3.98. The Bertz CT molecular complexity index is 264. The van der Waals surface area contributed by atoms with Crippen LogP contribution >= 0.6 is 0 Å². The Labute approximate surface area is 113 Å². The summed E-state index contributed by atoms with van der Waals surface area (Å²) in [4.78, 5) is 2.60. The second-order valence-electron chi connectivity index (χ2n) is 7.11. The lowest BCUT2D eigenvalue weighted by Gasteiger charge is -2.43. The van der Waals surface area contributed by atoms with Crippen molar-refractivity contribution in [3.63, 3.8) is 0 Å². The summed E-state index contributed by atoms with van der Waals surface area (Å²) < 4.78 is 6.00. The molecule has 0 aliphatic carbocycles. The summed E-state index contributed by atoms with van der Waals surface area (Å²) >= 11 is 0. The van der Waals surface area contributed by atoms with E-state index >= 15 is 0 Å². The summed E-state index contributed by atoms with van der Waals surface area (Å²) in [6.07, 6.45) is 4.52. The summed E-state index contributed by atoms with van der Waals surface area (Å²) in [7, 11) is 2.32. The molecule has 18 heavy (non-hydrogen) atoms. The highest BCUT2D eigenvalue weighted by Gasteiger charge is 2.41. The second kappa shape index (κ2) is 5.92. The van der Waals surface area contributed by atoms with Crippen molar-refractivity contribution in [2.75, 3.05) is 20.2 Å². The molecule has 0 aromatic rings. The van der Waals surface area contributed by atoms with Crippen LogP contribution in [0.15, 0.2) is 0 Å². The summed E-state index contributed by atoms with van der Waals surface area (Å²) in [6, 6.07) is 0.751. The van der Waals surface area contributed by atoms with Crippen LogP contribution in [0.4, 0.5) is 0 Å². The minimum atomic E-state index is 0.489. The van der Waals surface area contributed by atoms with E-state index in [1.165, 1.54) is 25.8 Å². The van der Waals surface area contributed by atoms with Crippen molar-refractivity contribution < 1.29 is 4.74 Å².